The Morgan fingerprint density at radius 2 is 2.20 bits per heavy atom. The zero-order chi connectivity index (χ0) is 7.35. The molecule has 0 radical (unpaired) electrons. The van der Waals surface area contributed by atoms with E-state index in [-0.39, 0.29) is 0 Å². The lowest BCUT2D eigenvalue weighted by Gasteiger charge is -2.64. The van der Waals surface area contributed by atoms with Crippen LogP contribution in [-0.2, 0) is 0 Å². The quantitative estimate of drug-likeness (QED) is 0.522. The van der Waals surface area contributed by atoms with Gasteiger partial charge in [0, 0.05) is 0 Å². The fourth-order valence-electron chi connectivity index (χ4n) is 3.03. The van der Waals surface area contributed by atoms with Gasteiger partial charge in [0.25, 0.3) is 0 Å². The number of hydrogen-bond donors (Lipinski definition) is 0. The van der Waals surface area contributed by atoms with E-state index < -0.39 is 0 Å². The first-order chi connectivity index (χ1) is 4.67. The third-order valence-corrected chi connectivity index (χ3v) is 4.28. The zero-order valence-electron chi connectivity index (χ0n) is 7.35. The Hall–Kier alpha value is 0. The first-order valence-electron chi connectivity index (χ1n) is 4.67. The molecule has 0 saturated heterocycles. The van der Waals surface area contributed by atoms with Crippen molar-refractivity contribution in [3.8, 4) is 0 Å². The summed E-state index contributed by atoms with van der Waals surface area (Å²) in [6, 6.07) is 0. The zero-order valence-corrected chi connectivity index (χ0v) is 7.35. The van der Waals surface area contributed by atoms with Gasteiger partial charge in [-0.15, -0.1) is 0 Å². The SMILES string of the molecule is CCC1(C)CC2C(C)CC21. The molecule has 0 amide bonds. The third kappa shape index (κ3) is 0.580. The molecule has 0 aromatic heterocycles. The molecule has 0 nitrogen and oxygen atoms in total. The smallest absolute Gasteiger partial charge is 0.0294 e. The number of hydrogen-bond acceptors (Lipinski definition) is 0. The van der Waals surface area contributed by atoms with Gasteiger partial charge in [0.1, 0.15) is 0 Å². The van der Waals surface area contributed by atoms with Gasteiger partial charge in [-0.1, -0.05) is 27.2 Å². The summed E-state index contributed by atoms with van der Waals surface area (Å²) in [5.74, 6) is 3.31. The summed E-state index contributed by atoms with van der Waals surface area (Å²) < 4.78 is 0. The summed E-state index contributed by atoms with van der Waals surface area (Å²) >= 11 is 0. The minimum absolute atomic E-state index is 0.761. The molecule has 2 aliphatic rings. The van der Waals surface area contributed by atoms with E-state index >= 15 is 0 Å². The highest BCUT2D eigenvalue weighted by Crippen LogP contribution is 2.65. The van der Waals surface area contributed by atoms with Gasteiger partial charge in [-0.05, 0) is 36.0 Å². The Morgan fingerprint density at radius 3 is 2.50 bits per heavy atom. The van der Waals surface area contributed by atoms with Crippen molar-refractivity contribution < 1.29 is 0 Å². The molecule has 2 rings (SSSR count). The Bertz CT molecular complexity index is 150. The summed E-state index contributed by atoms with van der Waals surface area (Å²) in [7, 11) is 0. The standard InChI is InChI=1S/C10H18/c1-4-10(3)6-8-7(2)5-9(8)10/h7-9H,4-6H2,1-3H3. The maximum absolute atomic E-state index is 2.47. The summed E-state index contributed by atoms with van der Waals surface area (Å²) in [6.45, 7) is 7.23. The Kier molecular flexibility index (Phi) is 1.19. The highest BCUT2D eigenvalue weighted by atomic mass is 14.6. The molecule has 0 N–H and O–H groups in total. The molecule has 58 valence electrons. The van der Waals surface area contributed by atoms with Gasteiger partial charge in [-0.3, -0.25) is 0 Å². The predicted molar refractivity (Wildman–Crippen MR) is 43.8 cm³/mol. The normalized spacial score (nSPS) is 58.5. The van der Waals surface area contributed by atoms with Gasteiger partial charge in [0.2, 0.25) is 0 Å². The van der Waals surface area contributed by atoms with E-state index in [0.29, 0.717) is 0 Å². The first-order valence-corrected chi connectivity index (χ1v) is 4.67. The molecule has 2 saturated carbocycles. The molecule has 0 heterocycles. The molecular weight excluding hydrogens is 120 g/mol. The van der Waals surface area contributed by atoms with Crippen molar-refractivity contribution in [1.82, 2.24) is 0 Å². The van der Waals surface area contributed by atoms with Gasteiger partial charge in [0.05, 0.1) is 0 Å². The van der Waals surface area contributed by atoms with Crippen molar-refractivity contribution in [3.05, 3.63) is 0 Å². The highest BCUT2D eigenvalue weighted by Gasteiger charge is 2.57. The van der Waals surface area contributed by atoms with Crippen LogP contribution >= 0.6 is 0 Å². The fraction of sp³-hybridized carbons (Fsp3) is 1.00. The molecule has 0 aromatic carbocycles. The second-order valence-corrected chi connectivity index (χ2v) is 4.70. The third-order valence-electron chi connectivity index (χ3n) is 4.28. The van der Waals surface area contributed by atoms with Crippen LogP contribution in [-0.4, -0.2) is 0 Å². The van der Waals surface area contributed by atoms with Crippen LogP contribution in [0.3, 0.4) is 0 Å². The van der Waals surface area contributed by atoms with Crippen molar-refractivity contribution >= 4 is 0 Å². The van der Waals surface area contributed by atoms with Crippen LogP contribution in [0.2, 0.25) is 0 Å². The first kappa shape index (κ1) is 6.69. The molecule has 4 unspecified atom stereocenters. The number of fused-ring (bicyclic) bond motifs is 1. The monoisotopic (exact) mass is 138 g/mol. The molecule has 0 heteroatoms. The van der Waals surface area contributed by atoms with E-state index in [9.17, 15) is 0 Å². The topological polar surface area (TPSA) is 0 Å². The Morgan fingerprint density at radius 1 is 1.50 bits per heavy atom. The summed E-state index contributed by atoms with van der Waals surface area (Å²) in [4.78, 5) is 0. The van der Waals surface area contributed by atoms with Crippen LogP contribution in [0.5, 0.6) is 0 Å². The van der Waals surface area contributed by atoms with Crippen LogP contribution in [0.4, 0.5) is 0 Å². The molecule has 2 aliphatic carbocycles. The van der Waals surface area contributed by atoms with E-state index in [0.717, 1.165) is 23.2 Å². The van der Waals surface area contributed by atoms with Crippen molar-refractivity contribution in [3.63, 3.8) is 0 Å². The van der Waals surface area contributed by atoms with Crippen LogP contribution in [0, 0.1) is 23.2 Å². The molecule has 2 fully saturated rings. The van der Waals surface area contributed by atoms with E-state index in [1.807, 2.05) is 0 Å². The average molecular weight is 138 g/mol. The lowest BCUT2D eigenvalue weighted by atomic mass is 9.41. The summed E-state index contributed by atoms with van der Waals surface area (Å²) in [6.07, 6.45) is 4.45. The molecule has 10 heavy (non-hydrogen) atoms. The van der Waals surface area contributed by atoms with Crippen molar-refractivity contribution in [1.29, 1.82) is 0 Å². The fourth-order valence-corrected chi connectivity index (χ4v) is 3.03. The second kappa shape index (κ2) is 1.78. The molecule has 0 aliphatic heterocycles. The van der Waals surface area contributed by atoms with E-state index in [1.165, 1.54) is 19.3 Å². The molecule has 4 atom stereocenters. The summed E-state index contributed by atoms with van der Waals surface area (Å²) in [5, 5.41) is 0. The molecule has 0 aromatic rings. The number of rotatable bonds is 1. The van der Waals surface area contributed by atoms with Crippen molar-refractivity contribution in [2.45, 2.75) is 40.0 Å². The lowest BCUT2D eigenvalue weighted by molar-refractivity contribution is -0.147. The maximum Gasteiger partial charge on any atom is -0.0294 e. The van der Waals surface area contributed by atoms with E-state index in [4.69, 9.17) is 0 Å². The summed E-state index contributed by atoms with van der Waals surface area (Å²) in [5.41, 5.74) is 0.761. The second-order valence-electron chi connectivity index (χ2n) is 4.70. The maximum atomic E-state index is 2.47. The largest absolute Gasteiger partial charge is 0.0649 e. The molecule has 0 bridgehead atoms. The van der Waals surface area contributed by atoms with Gasteiger partial charge in [-0.2, -0.15) is 0 Å². The minimum Gasteiger partial charge on any atom is -0.0649 e. The van der Waals surface area contributed by atoms with Crippen LogP contribution < -0.4 is 0 Å². The Balaban J connectivity index is 1.99. The van der Waals surface area contributed by atoms with Gasteiger partial charge < -0.3 is 0 Å². The van der Waals surface area contributed by atoms with Gasteiger partial charge in [0.15, 0.2) is 0 Å². The van der Waals surface area contributed by atoms with Crippen LogP contribution in [0.1, 0.15) is 40.0 Å². The van der Waals surface area contributed by atoms with E-state index in [1.54, 1.807) is 0 Å². The lowest BCUT2D eigenvalue weighted by Crippen LogP contribution is -2.56. The van der Waals surface area contributed by atoms with Crippen molar-refractivity contribution in [2.75, 3.05) is 0 Å². The molecular formula is C10H18. The predicted octanol–water partition coefficient (Wildman–Crippen LogP) is 3.08. The van der Waals surface area contributed by atoms with Crippen LogP contribution in [0.15, 0.2) is 0 Å². The van der Waals surface area contributed by atoms with Crippen molar-refractivity contribution in [2.24, 2.45) is 23.2 Å². The Labute approximate surface area is 64.0 Å². The van der Waals surface area contributed by atoms with Gasteiger partial charge >= 0.3 is 0 Å². The average Bonchev–Trinajstić information content (AvgIpc) is 1.95. The molecule has 0 spiro atoms. The van der Waals surface area contributed by atoms with E-state index in [2.05, 4.69) is 20.8 Å². The van der Waals surface area contributed by atoms with Crippen LogP contribution in [0.25, 0.3) is 0 Å². The van der Waals surface area contributed by atoms with Gasteiger partial charge in [-0.25, -0.2) is 0 Å². The highest BCUT2D eigenvalue weighted by molar-refractivity contribution is 5.06. The minimum atomic E-state index is 0.761.